The Morgan fingerprint density at radius 3 is 2.38 bits per heavy atom. The van der Waals surface area contributed by atoms with Crippen LogP contribution in [0.15, 0.2) is 59.6 Å². The molecule has 1 aliphatic carbocycles. The molecule has 1 saturated carbocycles. The monoisotopic (exact) mass is 279 g/mol. The highest BCUT2D eigenvalue weighted by molar-refractivity contribution is 5.87. The van der Waals surface area contributed by atoms with E-state index in [0.717, 1.165) is 35.9 Å². The van der Waals surface area contributed by atoms with Crippen molar-refractivity contribution in [3.63, 3.8) is 0 Å². The number of ether oxygens (including phenoxy) is 1. The van der Waals surface area contributed by atoms with Crippen molar-refractivity contribution in [1.29, 1.82) is 0 Å². The van der Waals surface area contributed by atoms with E-state index in [9.17, 15) is 0 Å². The first-order chi connectivity index (χ1) is 10.3. The lowest BCUT2D eigenvalue weighted by atomic mass is 9.89. The first-order valence-electron chi connectivity index (χ1n) is 7.69. The molecular weight excluding hydrogens is 258 g/mol. The van der Waals surface area contributed by atoms with E-state index >= 15 is 0 Å². The highest BCUT2D eigenvalue weighted by Gasteiger charge is 2.13. The molecule has 0 spiro atoms. The molecule has 21 heavy (non-hydrogen) atoms. The summed E-state index contributed by atoms with van der Waals surface area (Å²) in [5.74, 6) is 2.48. The Balaban J connectivity index is 1.68. The molecule has 1 unspecified atom stereocenters. The maximum Gasteiger partial charge on any atom is 0.127 e. The van der Waals surface area contributed by atoms with Crippen LogP contribution in [0.4, 0.5) is 5.69 Å². The molecule has 2 nitrogen and oxygen atoms in total. The van der Waals surface area contributed by atoms with Crippen molar-refractivity contribution in [3.8, 4) is 11.5 Å². The lowest BCUT2D eigenvalue weighted by Gasteiger charge is -2.19. The van der Waals surface area contributed by atoms with Crippen molar-refractivity contribution in [3.05, 3.63) is 54.6 Å². The van der Waals surface area contributed by atoms with Crippen molar-refractivity contribution in [2.75, 3.05) is 0 Å². The summed E-state index contributed by atoms with van der Waals surface area (Å²) >= 11 is 0. The van der Waals surface area contributed by atoms with Crippen LogP contribution in [0.25, 0.3) is 0 Å². The first kappa shape index (κ1) is 13.9. The quantitative estimate of drug-likeness (QED) is 0.699. The summed E-state index contributed by atoms with van der Waals surface area (Å²) in [5, 5.41) is 0. The lowest BCUT2D eigenvalue weighted by molar-refractivity contribution is 0.482. The molecule has 108 valence electrons. The standard InChI is InChI=1S/C19H21NO/c1-15-6-5-7-17(14-15)20-16-10-12-19(13-11-16)21-18-8-3-2-4-9-18/h2-4,8-13,15H,5-7,14H2,1H3/b20-17+. The Morgan fingerprint density at radius 2 is 1.67 bits per heavy atom. The number of aliphatic imine (C=N–C) groups is 1. The molecule has 1 atom stereocenters. The average Bonchev–Trinajstić information content (AvgIpc) is 2.50. The van der Waals surface area contributed by atoms with Gasteiger partial charge in [-0.2, -0.15) is 0 Å². The number of hydrogen-bond donors (Lipinski definition) is 0. The molecule has 0 saturated heterocycles. The molecule has 0 amide bonds. The number of benzene rings is 2. The maximum absolute atomic E-state index is 5.79. The molecule has 0 radical (unpaired) electrons. The van der Waals surface area contributed by atoms with Crippen molar-refractivity contribution in [2.45, 2.75) is 32.6 Å². The van der Waals surface area contributed by atoms with Crippen LogP contribution in [0, 0.1) is 5.92 Å². The molecule has 0 N–H and O–H groups in total. The van der Waals surface area contributed by atoms with Crippen LogP contribution in [0.2, 0.25) is 0 Å². The molecule has 2 aromatic rings. The minimum Gasteiger partial charge on any atom is -0.457 e. The van der Waals surface area contributed by atoms with Gasteiger partial charge in [0.25, 0.3) is 0 Å². The van der Waals surface area contributed by atoms with E-state index in [0.29, 0.717) is 0 Å². The molecule has 0 heterocycles. The van der Waals surface area contributed by atoms with Gasteiger partial charge in [-0.15, -0.1) is 0 Å². The lowest BCUT2D eigenvalue weighted by Crippen LogP contribution is -2.12. The fourth-order valence-electron chi connectivity index (χ4n) is 2.76. The first-order valence-corrected chi connectivity index (χ1v) is 7.69. The van der Waals surface area contributed by atoms with Crippen LogP contribution in [0.3, 0.4) is 0 Å². The van der Waals surface area contributed by atoms with Gasteiger partial charge in [0.15, 0.2) is 0 Å². The van der Waals surface area contributed by atoms with Gasteiger partial charge in [0.1, 0.15) is 11.5 Å². The van der Waals surface area contributed by atoms with Gasteiger partial charge in [-0.25, -0.2) is 0 Å². The Labute approximate surface area is 126 Å². The van der Waals surface area contributed by atoms with Crippen LogP contribution in [-0.2, 0) is 0 Å². The van der Waals surface area contributed by atoms with Crippen molar-refractivity contribution in [2.24, 2.45) is 10.9 Å². The van der Waals surface area contributed by atoms with E-state index in [-0.39, 0.29) is 0 Å². The topological polar surface area (TPSA) is 21.6 Å². The van der Waals surface area contributed by atoms with Gasteiger partial charge in [-0.3, -0.25) is 4.99 Å². The van der Waals surface area contributed by atoms with Gasteiger partial charge in [-0.1, -0.05) is 25.1 Å². The minimum absolute atomic E-state index is 0.776. The van der Waals surface area contributed by atoms with Crippen LogP contribution >= 0.6 is 0 Å². The number of hydrogen-bond acceptors (Lipinski definition) is 2. The second-order valence-electron chi connectivity index (χ2n) is 5.79. The fraction of sp³-hybridized carbons (Fsp3) is 0.316. The SMILES string of the molecule is CC1CCC/C(=N\c2ccc(Oc3ccccc3)cc2)C1. The maximum atomic E-state index is 5.79. The van der Waals surface area contributed by atoms with Gasteiger partial charge in [-0.05, 0) is 68.0 Å². The van der Waals surface area contributed by atoms with E-state index in [2.05, 4.69) is 6.92 Å². The molecule has 0 aromatic heterocycles. The van der Waals surface area contributed by atoms with Crippen molar-refractivity contribution >= 4 is 11.4 Å². The largest absolute Gasteiger partial charge is 0.457 e. The van der Waals surface area contributed by atoms with E-state index in [1.807, 2.05) is 54.6 Å². The molecule has 2 aromatic carbocycles. The van der Waals surface area contributed by atoms with Gasteiger partial charge in [0.05, 0.1) is 5.69 Å². The van der Waals surface area contributed by atoms with Crippen molar-refractivity contribution < 1.29 is 4.74 Å². The van der Waals surface area contributed by atoms with E-state index in [1.165, 1.54) is 18.6 Å². The highest BCUT2D eigenvalue weighted by atomic mass is 16.5. The van der Waals surface area contributed by atoms with Crippen LogP contribution < -0.4 is 4.74 Å². The summed E-state index contributed by atoms with van der Waals surface area (Å²) < 4.78 is 5.79. The Morgan fingerprint density at radius 1 is 0.952 bits per heavy atom. The molecule has 2 heteroatoms. The third kappa shape index (κ3) is 3.94. The second-order valence-corrected chi connectivity index (χ2v) is 5.79. The van der Waals surface area contributed by atoms with Gasteiger partial charge in [0.2, 0.25) is 0 Å². The number of nitrogens with zero attached hydrogens (tertiary/aromatic N) is 1. The minimum atomic E-state index is 0.776. The van der Waals surface area contributed by atoms with Gasteiger partial charge < -0.3 is 4.74 Å². The normalized spacial score (nSPS) is 20.4. The Kier molecular flexibility index (Phi) is 4.34. The third-order valence-electron chi connectivity index (χ3n) is 3.85. The molecular formula is C19H21NO. The smallest absolute Gasteiger partial charge is 0.127 e. The zero-order valence-electron chi connectivity index (χ0n) is 12.5. The van der Waals surface area contributed by atoms with E-state index in [1.54, 1.807) is 0 Å². The van der Waals surface area contributed by atoms with E-state index < -0.39 is 0 Å². The summed E-state index contributed by atoms with van der Waals surface area (Å²) in [6.07, 6.45) is 4.90. The number of para-hydroxylation sites is 1. The zero-order valence-corrected chi connectivity index (χ0v) is 12.5. The average molecular weight is 279 g/mol. The number of rotatable bonds is 3. The second kappa shape index (κ2) is 6.57. The summed E-state index contributed by atoms with van der Waals surface area (Å²) in [5.41, 5.74) is 2.37. The van der Waals surface area contributed by atoms with Crippen LogP contribution in [-0.4, -0.2) is 5.71 Å². The fourth-order valence-corrected chi connectivity index (χ4v) is 2.76. The van der Waals surface area contributed by atoms with Crippen LogP contribution in [0.1, 0.15) is 32.6 Å². The molecule has 1 aliphatic rings. The summed E-state index contributed by atoms with van der Waals surface area (Å²) in [7, 11) is 0. The molecule has 0 bridgehead atoms. The van der Waals surface area contributed by atoms with Gasteiger partial charge in [0, 0.05) is 5.71 Å². The predicted molar refractivity (Wildman–Crippen MR) is 87.7 cm³/mol. The van der Waals surface area contributed by atoms with Gasteiger partial charge >= 0.3 is 0 Å². The molecule has 0 aliphatic heterocycles. The van der Waals surface area contributed by atoms with E-state index in [4.69, 9.17) is 9.73 Å². The highest BCUT2D eigenvalue weighted by Crippen LogP contribution is 2.27. The predicted octanol–water partition coefficient (Wildman–Crippen LogP) is 5.76. The zero-order chi connectivity index (χ0) is 14.5. The Hall–Kier alpha value is -2.09. The Bertz CT molecular complexity index is 601. The van der Waals surface area contributed by atoms with Crippen LogP contribution in [0.5, 0.6) is 11.5 Å². The third-order valence-corrected chi connectivity index (χ3v) is 3.85. The summed E-state index contributed by atoms with van der Waals surface area (Å²) in [6.45, 7) is 2.31. The van der Waals surface area contributed by atoms with Crippen molar-refractivity contribution in [1.82, 2.24) is 0 Å². The summed E-state index contributed by atoms with van der Waals surface area (Å²) in [4.78, 5) is 4.78. The molecule has 3 rings (SSSR count). The summed E-state index contributed by atoms with van der Waals surface area (Å²) in [6, 6.07) is 17.9. The molecule has 1 fully saturated rings.